The number of unbranched alkanes of at least 4 members (excludes halogenated alkanes) is 1. The fourth-order valence-corrected chi connectivity index (χ4v) is 8.12. The van der Waals surface area contributed by atoms with Crippen LogP contribution in [0.4, 0.5) is 15.8 Å². The minimum Gasteiger partial charge on any atom is -0.355 e. The van der Waals surface area contributed by atoms with E-state index in [9.17, 15) is 0 Å². The molecule has 0 atom stereocenters. The molecule has 3 aromatic carbocycles. The first kappa shape index (κ1) is 37.1. The maximum Gasteiger partial charge on any atom is 0.128 e. The van der Waals surface area contributed by atoms with Crippen LogP contribution in [0, 0.1) is 5.82 Å². The lowest BCUT2D eigenvalue weighted by atomic mass is 9.85. The van der Waals surface area contributed by atoms with Crippen molar-refractivity contribution in [2.45, 2.75) is 84.5 Å². The van der Waals surface area contributed by atoms with E-state index in [1.807, 2.05) is 43.3 Å². The van der Waals surface area contributed by atoms with Crippen molar-refractivity contribution in [1.82, 2.24) is 4.90 Å². The summed E-state index contributed by atoms with van der Waals surface area (Å²) >= 11 is 0. The number of aryl methyl sites for hydroxylation is 2. The number of rotatable bonds is 13. The van der Waals surface area contributed by atoms with Gasteiger partial charge in [0.15, 0.2) is 0 Å². The summed E-state index contributed by atoms with van der Waals surface area (Å²) in [6.07, 6.45) is 18.3. The lowest BCUT2D eigenvalue weighted by Gasteiger charge is -2.38. The number of nitrogens with zero attached hydrogens (tertiary/aromatic N) is 2. The molecule has 0 saturated carbocycles. The molecule has 0 aromatic heterocycles. The van der Waals surface area contributed by atoms with Crippen LogP contribution in [-0.4, -0.2) is 24.5 Å². The molecule has 1 N–H and O–H groups in total. The number of halogens is 1. The van der Waals surface area contributed by atoms with Crippen LogP contribution in [0.25, 0.3) is 12.2 Å². The highest BCUT2D eigenvalue weighted by Crippen LogP contribution is 2.43. The van der Waals surface area contributed by atoms with E-state index in [1.54, 1.807) is 6.07 Å². The van der Waals surface area contributed by atoms with Gasteiger partial charge in [-0.25, -0.2) is 4.39 Å². The van der Waals surface area contributed by atoms with Crippen LogP contribution < -0.4 is 20.7 Å². The van der Waals surface area contributed by atoms with Crippen molar-refractivity contribution in [1.29, 1.82) is 0 Å². The minimum atomic E-state index is -0.250. The van der Waals surface area contributed by atoms with E-state index in [2.05, 4.69) is 84.8 Å². The summed E-state index contributed by atoms with van der Waals surface area (Å²) in [5.74, 6) is -0.250. The number of piperidine rings is 1. The van der Waals surface area contributed by atoms with Crippen molar-refractivity contribution in [3.05, 3.63) is 165 Å². The molecule has 0 spiro atoms. The summed E-state index contributed by atoms with van der Waals surface area (Å²) in [4.78, 5) is 4.86. The van der Waals surface area contributed by atoms with Gasteiger partial charge in [0.2, 0.25) is 0 Å². The predicted molar refractivity (Wildman–Crippen MR) is 221 cm³/mol. The average molecular weight is 694 g/mol. The molecular weight excluding hydrogens is 638 g/mol. The van der Waals surface area contributed by atoms with Crippen LogP contribution in [0.3, 0.4) is 0 Å². The van der Waals surface area contributed by atoms with E-state index in [1.165, 1.54) is 68.6 Å². The highest BCUT2D eigenvalue weighted by Gasteiger charge is 2.30. The van der Waals surface area contributed by atoms with Crippen molar-refractivity contribution in [2.75, 3.05) is 29.9 Å². The SMILES string of the molecule is C=C1CCCC2=C1C=C(C(=C)Nc1ccc(CC(/C=C\C)=c3\cc(CC)c(CCCCN4CCCCC4)cc3=C)c(F)c1)C(=C)N2c1ccccc1. The first-order chi connectivity index (χ1) is 25.3. The number of nitrogens with one attached hydrogen (secondary N) is 1. The van der Waals surface area contributed by atoms with Crippen LogP contribution in [0.1, 0.15) is 81.9 Å². The van der Waals surface area contributed by atoms with Gasteiger partial charge < -0.3 is 15.1 Å². The first-order valence-electron chi connectivity index (χ1n) is 19.4. The number of likely N-dealkylation sites (tertiary alicyclic amines) is 1. The number of para-hydroxylation sites is 1. The Bertz CT molecular complexity index is 2020. The van der Waals surface area contributed by atoms with E-state index in [4.69, 9.17) is 0 Å². The molecule has 0 unspecified atom stereocenters. The second kappa shape index (κ2) is 17.2. The van der Waals surface area contributed by atoms with Crippen LogP contribution >= 0.6 is 0 Å². The Labute approximate surface area is 311 Å². The fourth-order valence-electron chi connectivity index (χ4n) is 8.12. The predicted octanol–water partition coefficient (Wildman–Crippen LogP) is 10.5. The Hall–Kier alpha value is -4.67. The monoisotopic (exact) mass is 693 g/mol. The standard InChI is InChI=1S/C48H56FN3/c1-7-18-40(44-31-38(8-2)39(29-35(44)4)20-13-16-28-51-26-14-10-15-27-51)30-41-24-25-42(32-47(41)49)50-36(5)46-33-45-34(3)19-17-23-48(45)52(37(46)6)43-21-11-9-12-22-43/h7,9,11-12,18,21-22,24-25,29,31-33,50H,3-6,8,10,13-17,19-20,23,26-28,30H2,1-2H3/b18-7-,44-40+. The molecular formula is C48H56FN3. The van der Waals surface area contributed by atoms with Crippen LogP contribution in [0.5, 0.6) is 0 Å². The maximum absolute atomic E-state index is 15.9. The summed E-state index contributed by atoms with van der Waals surface area (Å²) in [6.45, 7) is 25.7. The summed E-state index contributed by atoms with van der Waals surface area (Å²) in [6, 6.07) is 20.3. The van der Waals surface area contributed by atoms with Crippen molar-refractivity contribution >= 4 is 23.5 Å². The van der Waals surface area contributed by atoms with Crippen molar-refractivity contribution in [3.63, 3.8) is 0 Å². The van der Waals surface area contributed by atoms with Gasteiger partial charge in [0.1, 0.15) is 5.82 Å². The Morgan fingerprint density at radius 1 is 0.885 bits per heavy atom. The molecule has 3 aliphatic rings. The normalized spacial score (nSPS) is 17.4. The third-order valence-corrected chi connectivity index (χ3v) is 10.9. The van der Waals surface area contributed by atoms with Gasteiger partial charge >= 0.3 is 0 Å². The van der Waals surface area contributed by atoms with Crippen molar-refractivity contribution in [2.24, 2.45) is 0 Å². The number of allylic oxidation sites excluding steroid dienone is 6. The topological polar surface area (TPSA) is 18.5 Å². The first-order valence-corrected chi connectivity index (χ1v) is 19.4. The largest absolute Gasteiger partial charge is 0.355 e. The van der Waals surface area contributed by atoms with E-state index in [0.29, 0.717) is 23.4 Å². The smallest absolute Gasteiger partial charge is 0.128 e. The second-order valence-corrected chi connectivity index (χ2v) is 14.6. The van der Waals surface area contributed by atoms with Crippen LogP contribution in [0.2, 0.25) is 0 Å². The molecule has 52 heavy (non-hydrogen) atoms. The second-order valence-electron chi connectivity index (χ2n) is 14.6. The van der Waals surface area contributed by atoms with E-state index in [0.717, 1.165) is 76.2 Å². The Morgan fingerprint density at radius 2 is 1.67 bits per heavy atom. The molecule has 1 saturated heterocycles. The molecule has 6 rings (SSSR count). The fraction of sp³-hybridized carbons (Fsp3) is 0.333. The zero-order valence-electron chi connectivity index (χ0n) is 31.5. The summed E-state index contributed by atoms with van der Waals surface area (Å²) in [5.41, 5.74) is 12.1. The molecule has 0 radical (unpaired) electrons. The van der Waals surface area contributed by atoms with Crippen molar-refractivity contribution in [3.8, 4) is 0 Å². The van der Waals surface area contributed by atoms with Gasteiger partial charge in [-0.2, -0.15) is 0 Å². The maximum atomic E-state index is 15.9. The molecule has 1 fully saturated rings. The van der Waals surface area contributed by atoms with Gasteiger partial charge in [0, 0.05) is 40.5 Å². The number of benzene rings is 3. The average Bonchev–Trinajstić information content (AvgIpc) is 3.15. The lowest BCUT2D eigenvalue weighted by Crippen LogP contribution is -2.30. The molecule has 0 bridgehead atoms. The molecule has 2 heterocycles. The number of hydrogen-bond acceptors (Lipinski definition) is 3. The van der Waals surface area contributed by atoms with Gasteiger partial charge in [-0.15, -0.1) is 0 Å². The van der Waals surface area contributed by atoms with Gasteiger partial charge in [-0.1, -0.05) is 88.2 Å². The Balaban J connectivity index is 1.19. The molecule has 3 aromatic rings. The summed E-state index contributed by atoms with van der Waals surface area (Å²) in [7, 11) is 0. The van der Waals surface area contributed by atoms with Gasteiger partial charge in [0.25, 0.3) is 0 Å². The van der Waals surface area contributed by atoms with Crippen molar-refractivity contribution < 1.29 is 4.39 Å². The lowest BCUT2D eigenvalue weighted by molar-refractivity contribution is 0.225. The van der Waals surface area contributed by atoms with E-state index >= 15 is 4.39 Å². The number of hydrogen-bond donors (Lipinski definition) is 1. The number of anilines is 2. The summed E-state index contributed by atoms with van der Waals surface area (Å²) < 4.78 is 15.9. The third-order valence-electron chi connectivity index (χ3n) is 10.9. The molecule has 1 aliphatic carbocycles. The van der Waals surface area contributed by atoms with Crippen LogP contribution in [-0.2, 0) is 19.3 Å². The summed E-state index contributed by atoms with van der Waals surface area (Å²) in [5, 5.41) is 5.51. The molecule has 3 nitrogen and oxygen atoms in total. The van der Waals surface area contributed by atoms with Gasteiger partial charge in [-0.05, 0) is 159 Å². The highest BCUT2D eigenvalue weighted by atomic mass is 19.1. The van der Waals surface area contributed by atoms with E-state index < -0.39 is 0 Å². The molecule has 4 heteroatoms. The van der Waals surface area contributed by atoms with Crippen LogP contribution in [0.15, 0.2) is 132 Å². The Morgan fingerprint density at radius 3 is 2.40 bits per heavy atom. The molecule has 270 valence electrons. The van der Waals surface area contributed by atoms with Gasteiger partial charge in [0.05, 0.1) is 0 Å². The Kier molecular flexibility index (Phi) is 12.3. The minimum absolute atomic E-state index is 0.250. The zero-order chi connectivity index (χ0) is 36.6. The van der Waals surface area contributed by atoms with Gasteiger partial charge in [-0.3, -0.25) is 0 Å². The molecule has 2 aliphatic heterocycles. The zero-order valence-corrected chi connectivity index (χ0v) is 31.5. The van der Waals surface area contributed by atoms with E-state index in [-0.39, 0.29) is 5.82 Å². The highest BCUT2D eigenvalue weighted by molar-refractivity contribution is 5.74. The molecule has 0 amide bonds. The quantitative estimate of drug-likeness (QED) is 0.180. The third kappa shape index (κ3) is 8.51.